The van der Waals surface area contributed by atoms with Crippen LogP contribution in [0.1, 0.15) is 37.7 Å². The van der Waals surface area contributed by atoms with Crippen LogP contribution in [-0.2, 0) is 9.53 Å². The lowest BCUT2D eigenvalue weighted by Gasteiger charge is -2.30. The molecule has 0 spiro atoms. The van der Waals surface area contributed by atoms with Crippen molar-refractivity contribution in [1.82, 2.24) is 5.32 Å². The Morgan fingerprint density at radius 3 is 2.57 bits per heavy atom. The van der Waals surface area contributed by atoms with Crippen LogP contribution in [0.4, 0.5) is 0 Å². The fourth-order valence-electron chi connectivity index (χ4n) is 3.21. The highest BCUT2D eigenvalue weighted by Crippen LogP contribution is 2.23. The molecule has 0 bridgehead atoms. The SMILES string of the molecule is CC(=O)[C@H](CCNC(CO)C1CCOCC1)c1ccc(Br)cc1. The van der Waals surface area contributed by atoms with Crippen LogP contribution in [0.15, 0.2) is 28.7 Å². The van der Waals surface area contributed by atoms with E-state index in [-0.39, 0.29) is 24.3 Å². The van der Waals surface area contributed by atoms with Crippen molar-refractivity contribution >= 4 is 21.7 Å². The maximum absolute atomic E-state index is 12.0. The summed E-state index contributed by atoms with van der Waals surface area (Å²) in [6, 6.07) is 8.03. The molecule has 1 saturated heterocycles. The van der Waals surface area contributed by atoms with Gasteiger partial charge >= 0.3 is 0 Å². The van der Waals surface area contributed by atoms with Crippen molar-refractivity contribution < 1.29 is 14.6 Å². The van der Waals surface area contributed by atoms with E-state index in [9.17, 15) is 9.90 Å². The Balaban J connectivity index is 1.88. The Kier molecular flexibility index (Phi) is 7.70. The molecule has 0 aromatic heterocycles. The van der Waals surface area contributed by atoms with Gasteiger partial charge < -0.3 is 15.2 Å². The zero-order chi connectivity index (χ0) is 16.7. The van der Waals surface area contributed by atoms with Gasteiger partial charge in [-0.2, -0.15) is 0 Å². The van der Waals surface area contributed by atoms with Gasteiger partial charge in [0.25, 0.3) is 0 Å². The first kappa shape index (κ1) is 18.6. The number of aliphatic hydroxyl groups is 1. The van der Waals surface area contributed by atoms with E-state index >= 15 is 0 Å². The number of hydrogen-bond donors (Lipinski definition) is 2. The quantitative estimate of drug-likeness (QED) is 0.724. The number of nitrogens with one attached hydrogen (secondary N) is 1. The van der Waals surface area contributed by atoms with E-state index in [0.717, 1.165) is 49.1 Å². The number of Topliss-reactive ketones (excluding diaryl/α,β-unsaturated/α-hetero) is 1. The van der Waals surface area contributed by atoms with E-state index in [4.69, 9.17) is 4.74 Å². The lowest BCUT2D eigenvalue weighted by Crippen LogP contribution is -2.42. The Bertz CT molecular complexity index is 486. The highest BCUT2D eigenvalue weighted by atomic mass is 79.9. The summed E-state index contributed by atoms with van der Waals surface area (Å²) in [4.78, 5) is 12.0. The molecule has 1 aromatic carbocycles. The first-order chi connectivity index (χ1) is 11.1. The molecule has 4 nitrogen and oxygen atoms in total. The Morgan fingerprint density at radius 1 is 1.35 bits per heavy atom. The minimum absolute atomic E-state index is 0.0929. The second-order valence-electron chi connectivity index (χ2n) is 6.20. The van der Waals surface area contributed by atoms with E-state index in [2.05, 4.69) is 21.2 Å². The van der Waals surface area contributed by atoms with Gasteiger partial charge in [-0.3, -0.25) is 4.79 Å². The van der Waals surface area contributed by atoms with Crippen LogP contribution < -0.4 is 5.32 Å². The molecule has 23 heavy (non-hydrogen) atoms. The van der Waals surface area contributed by atoms with Crippen molar-refractivity contribution in [2.75, 3.05) is 26.4 Å². The molecule has 0 amide bonds. The highest BCUT2D eigenvalue weighted by Gasteiger charge is 2.24. The summed E-state index contributed by atoms with van der Waals surface area (Å²) in [5.74, 6) is 0.544. The molecule has 0 aliphatic carbocycles. The van der Waals surface area contributed by atoms with Crippen LogP contribution in [0.25, 0.3) is 0 Å². The van der Waals surface area contributed by atoms with Gasteiger partial charge in [0, 0.05) is 29.6 Å². The van der Waals surface area contributed by atoms with Gasteiger partial charge in [-0.05, 0) is 56.3 Å². The van der Waals surface area contributed by atoms with Crippen molar-refractivity contribution in [2.45, 2.75) is 38.1 Å². The summed E-state index contributed by atoms with van der Waals surface area (Å²) < 4.78 is 6.39. The third-order valence-electron chi connectivity index (χ3n) is 4.63. The number of benzene rings is 1. The fraction of sp³-hybridized carbons (Fsp3) is 0.611. The standard InChI is InChI=1S/C18H26BrNO3/c1-13(22)17(14-2-4-16(19)5-3-14)6-9-20-18(12-21)15-7-10-23-11-8-15/h2-5,15,17-18,20-21H,6-12H2,1H3/t17-,18?/m0/s1. The highest BCUT2D eigenvalue weighted by molar-refractivity contribution is 9.10. The van der Waals surface area contributed by atoms with Gasteiger partial charge in [0.05, 0.1) is 6.61 Å². The maximum Gasteiger partial charge on any atom is 0.137 e. The average Bonchev–Trinajstić information content (AvgIpc) is 2.57. The van der Waals surface area contributed by atoms with Crippen molar-refractivity contribution in [3.05, 3.63) is 34.3 Å². The van der Waals surface area contributed by atoms with Crippen molar-refractivity contribution in [3.8, 4) is 0 Å². The van der Waals surface area contributed by atoms with Crippen LogP contribution in [-0.4, -0.2) is 43.3 Å². The fourth-order valence-corrected chi connectivity index (χ4v) is 3.48. The van der Waals surface area contributed by atoms with Crippen molar-refractivity contribution in [1.29, 1.82) is 0 Å². The molecule has 5 heteroatoms. The van der Waals surface area contributed by atoms with E-state index in [1.54, 1.807) is 6.92 Å². The van der Waals surface area contributed by atoms with Crippen LogP contribution >= 0.6 is 15.9 Å². The van der Waals surface area contributed by atoms with Crippen LogP contribution in [0.2, 0.25) is 0 Å². The largest absolute Gasteiger partial charge is 0.395 e. The molecule has 1 fully saturated rings. The summed E-state index contributed by atoms with van der Waals surface area (Å²) in [5, 5.41) is 13.1. The summed E-state index contributed by atoms with van der Waals surface area (Å²) >= 11 is 3.42. The molecule has 2 N–H and O–H groups in total. The zero-order valence-corrected chi connectivity index (χ0v) is 15.2. The number of carbonyl (C=O) groups excluding carboxylic acids is 1. The van der Waals surface area contributed by atoms with Gasteiger partial charge in [-0.15, -0.1) is 0 Å². The van der Waals surface area contributed by atoms with Gasteiger partial charge in [-0.1, -0.05) is 28.1 Å². The van der Waals surface area contributed by atoms with E-state index in [1.165, 1.54) is 0 Å². The van der Waals surface area contributed by atoms with Crippen molar-refractivity contribution in [3.63, 3.8) is 0 Å². The molecule has 1 unspecified atom stereocenters. The average molecular weight is 384 g/mol. The second kappa shape index (κ2) is 9.52. The summed E-state index contributed by atoms with van der Waals surface area (Å²) in [7, 11) is 0. The van der Waals surface area contributed by atoms with E-state index < -0.39 is 0 Å². The first-order valence-corrected chi connectivity index (χ1v) is 9.09. The summed E-state index contributed by atoms with van der Waals surface area (Å²) in [6.45, 7) is 4.06. The number of rotatable bonds is 8. The predicted octanol–water partition coefficient (Wildman–Crippen LogP) is 2.89. The molecule has 2 atom stereocenters. The number of carbonyl (C=O) groups is 1. The Labute approximate surface area is 146 Å². The normalized spacial score (nSPS) is 18.6. The predicted molar refractivity (Wildman–Crippen MR) is 94.6 cm³/mol. The van der Waals surface area contributed by atoms with E-state index in [0.29, 0.717) is 5.92 Å². The lowest BCUT2D eigenvalue weighted by atomic mass is 9.90. The number of aliphatic hydroxyl groups excluding tert-OH is 1. The second-order valence-corrected chi connectivity index (χ2v) is 7.11. The molecule has 128 valence electrons. The first-order valence-electron chi connectivity index (χ1n) is 8.29. The molecule has 0 radical (unpaired) electrons. The smallest absolute Gasteiger partial charge is 0.137 e. The molecular formula is C18H26BrNO3. The van der Waals surface area contributed by atoms with Gasteiger partial charge in [-0.25, -0.2) is 0 Å². The zero-order valence-electron chi connectivity index (χ0n) is 13.6. The molecular weight excluding hydrogens is 358 g/mol. The van der Waals surface area contributed by atoms with Crippen LogP contribution in [0.5, 0.6) is 0 Å². The molecule has 1 aromatic rings. The van der Waals surface area contributed by atoms with Crippen molar-refractivity contribution in [2.24, 2.45) is 5.92 Å². The number of ketones is 1. The minimum atomic E-state index is -0.0929. The Hall–Kier alpha value is -0.750. The number of halogens is 1. The minimum Gasteiger partial charge on any atom is -0.395 e. The van der Waals surface area contributed by atoms with Gasteiger partial charge in [0.2, 0.25) is 0 Å². The molecule has 2 rings (SSSR count). The topological polar surface area (TPSA) is 58.6 Å². The molecule has 1 aliphatic heterocycles. The third kappa shape index (κ3) is 5.68. The van der Waals surface area contributed by atoms with Crippen LogP contribution in [0, 0.1) is 5.92 Å². The summed E-state index contributed by atoms with van der Waals surface area (Å²) in [5.41, 5.74) is 1.05. The molecule has 1 aliphatic rings. The Morgan fingerprint density at radius 2 is 2.00 bits per heavy atom. The molecule has 1 heterocycles. The van der Waals surface area contributed by atoms with Crippen LogP contribution in [0.3, 0.4) is 0 Å². The summed E-state index contributed by atoms with van der Waals surface area (Å²) in [6.07, 6.45) is 2.72. The number of ether oxygens (including phenoxy) is 1. The lowest BCUT2D eigenvalue weighted by molar-refractivity contribution is -0.118. The van der Waals surface area contributed by atoms with E-state index in [1.807, 2.05) is 24.3 Å². The monoisotopic (exact) mass is 383 g/mol. The van der Waals surface area contributed by atoms with Gasteiger partial charge in [0.15, 0.2) is 0 Å². The van der Waals surface area contributed by atoms with Gasteiger partial charge in [0.1, 0.15) is 5.78 Å². The maximum atomic E-state index is 12.0. The third-order valence-corrected chi connectivity index (χ3v) is 5.16. The molecule has 0 saturated carbocycles. The number of hydrogen-bond acceptors (Lipinski definition) is 4.